The van der Waals surface area contributed by atoms with Crippen LogP contribution in [0.1, 0.15) is 15.9 Å². The highest BCUT2D eigenvalue weighted by Crippen LogP contribution is 2.14. The van der Waals surface area contributed by atoms with Gasteiger partial charge in [-0.05, 0) is 48.4 Å². The van der Waals surface area contributed by atoms with Crippen molar-refractivity contribution in [2.24, 2.45) is 0 Å². The third kappa shape index (κ3) is 4.57. The van der Waals surface area contributed by atoms with Gasteiger partial charge in [0.1, 0.15) is 11.6 Å². The quantitative estimate of drug-likeness (QED) is 0.838. The van der Waals surface area contributed by atoms with Gasteiger partial charge in [0.25, 0.3) is 5.91 Å². The van der Waals surface area contributed by atoms with Gasteiger partial charge in [0, 0.05) is 38.3 Å². The lowest BCUT2D eigenvalue weighted by Crippen LogP contribution is -2.49. The summed E-state index contributed by atoms with van der Waals surface area (Å²) in [5.74, 6) is 0.540. The molecule has 1 saturated heterocycles. The molecule has 0 atom stereocenters. The van der Waals surface area contributed by atoms with Gasteiger partial charge in [-0.2, -0.15) is 0 Å². The summed E-state index contributed by atoms with van der Waals surface area (Å²) in [6, 6.07) is 13.9. The molecule has 4 nitrogen and oxygen atoms in total. The third-order valence-electron chi connectivity index (χ3n) is 4.60. The zero-order chi connectivity index (χ0) is 17.6. The van der Waals surface area contributed by atoms with E-state index in [-0.39, 0.29) is 11.7 Å². The van der Waals surface area contributed by atoms with E-state index in [9.17, 15) is 9.18 Å². The van der Waals surface area contributed by atoms with E-state index in [2.05, 4.69) is 17.0 Å². The van der Waals surface area contributed by atoms with Crippen LogP contribution in [-0.2, 0) is 6.42 Å². The minimum absolute atomic E-state index is 0.0209. The normalized spacial score (nSPS) is 15.2. The van der Waals surface area contributed by atoms with Crippen LogP contribution < -0.4 is 4.74 Å². The lowest BCUT2D eigenvalue weighted by Gasteiger charge is -2.34. The summed E-state index contributed by atoms with van der Waals surface area (Å²) in [6.07, 6.45) is 0.961. The second-order valence-corrected chi connectivity index (χ2v) is 6.24. The van der Waals surface area contributed by atoms with Crippen molar-refractivity contribution >= 4 is 5.91 Å². The zero-order valence-corrected chi connectivity index (χ0v) is 14.5. The Morgan fingerprint density at radius 1 is 1.08 bits per heavy atom. The van der Waals surface area contributed by atoms with Gasteiger partial charge in [-0.1, -0.05) is 12.1 Å². The Morgan fingerprint density at radius 3 is 2.48 bits per heavy atom. The first-order chi connectivity index (χ1) is 12.2. The third-order valence-corrected chi connectivity index (χ3v) is 4.60. The first-order valence-corrected chi connectivity index (χ1v) is 8.56. The summed E-state index contributed by atoms with van der Waals surface area (Å²) in [5.41, 5.74) is 1.80. The van der Waals surface area contributed by atoms with Gasteiger partial charge in [0.05, 0.1) is 7.11 Å². The highest BCUT2D eigenvalue weighted by atomic mass is 19.1. The van der Waals surface area contributed by atoms with Crippen LogP contribution in [0.4, 0.5) is 4.39 Å². The summed E-state index contributed by atoms with van der Waals surface area (Å²) in [6.45, 7) is 4.09. The van der Waals surface area contributed by atoms with E-state index in [1.807, 2.05) is 17.0 Å². The van der Waals surface area contributed by atoms with E-state index < -0.39 is 0 Å². The molecule has 1 aliphatic rings. The number of benzene rings is 2. The van der Waals surface area contributed by atoms with Gasteiger partial charge < -0.3 is 9.64 Å². The SMILES string of the molecule is COc1cccc(CCN2CCN(C(=O)c3ccc(F)cc3)CC2)c1. The Morgan fingerprint density at radius 2 is 1.80 bits per heavy atom. The Kier molecular flexibility index (Phi) is 5.66. The minimum Gasteiger partial charge on any atom is -0.497 e. The number of halogens is 1. The largest absolute Gasteiger partial charge is 0.497 e. The molecule has 132 valence electrons. The molecule has 25 heavy (non-hydrogen) atoms. The Balaban J connectivity index is 1.48. The molecule has 0 aromatic heterocycles. The highest BCUT2D eigenvalue weighted by Gasteiger charge is 2.21. The summed E-state index contributed by atoms with van der Waals surface area (Å²) >= 11 is 0. The monoisotopic (exact) mass is 342 g/mol. The molecule has 0 spiro atoms. The smallest absolute Gasteiger partial charge is 0.253 e. The lowest BCUT2D eigenvalue weighted by atomic mass is 10.1. The molecule has 1 heterocycles. The molecule has 1 fully saturated rings. The van der Waals surface area contributed by atoms with Crippen LogP contribution in [0.2, 0.25) is 0 Å². The van der Waals surface area contributed by atoms with Crippen molar-refractivity contribution in [1.82, 2.24) is 9.80 Å². The van der Waals surface area contributed by atoms with E-state index in [4.69, 9.17) is 4.74 Å². The van der Waals surface area contributed by atoms with Gasteiger partial charge in [-0.15, -0.1) is 0 Å². The van der Waals surface area contributed by atoms with Crippen molar-refractivity contribution in [2.75, 3.05) is 39.8 Å². The fraction of sp³-hybridized carbons (Fsp3) is 0.350. The molecule has 0 aliphatic carbocycles. The number of rotatable bonds is 5. The predicted molar refractivity (Wildman–Crippen MR) is 95.4 cm³/mol. The maximum atomic E-state index is 13.0. The van der Waals surface area contributed by atoms with Crippen molar-refractivity contribution < 1.29 is 13.9 Å². The number of hydrogen-bond acceptors (Lipinski definition) is 3. The predicted octanol–water partition coefficient (Wildman–Crippen LogP) is 2.83. The van der Waals surface area contributed by atoms with Crippen LogP contribution in [-0.4, -0.2) is 55.5 Å². The van der Waals surface area contributed by atoms with Crippen molar-refractivity contribution in [1.29, 1.82) is 0 Å². The summed E-state index contributed by atoms with van der Waals surface area (Å²) in [5, 5.41) is 0. The molecule has 5 heteroatoms. The number of piperazine rings is 1. The average molecular weight is 342 g/mol. The summed E-state index contributed by atoms with van der Waals surface area (Å²) in [4.78, 5) is 16.7. The number of amides is 1. The van der Waals surface area contributed by atoms with E-state index >= 15 is 0 Å². The molecule has 2 aromatic rings. The van der Waals surface area contributed by atoms with Gasteiger partial charge in [-0.25, -0.2) is 4.39 Å². The Labute approximate surface area is 147 Å². The molecule has 0 saturated carbocycles. The standard InChI is InChI=1S/C20H23FN2O2/c1-25-19-4-2-3-16(15-19)9-10-22-11-13-23(14-12-22)20(24)17-5-7-18(21)8-6-17/h2-8,15H,9-14H2,1H3. The summed E-state index contributed by atoms with van der Waals surface area (Å²) in [7, 11) is 1.68. The molecule has 0 unspecified atom stereocenters. The van der Waals surface area contributed by atoms with Crippen LogP contribution in [0, 0.1) is 5.82 Å². The zero-order valence-electron chi connectivity index (χ0n) is 14.5. The molecule has 1 amide bonds. The fourth-order valence-electron chi connectivity index (χ4n) is 3.06. The minimum atomic E-state index is -0.320. The van der Waals surface area contributed by atoms with Crippen molar-refractivity contribution in [3.05, 3.63) is 65.5 Å². The second-order valence-electron chi connectivity index (χ2n) is 6.24. The van der Waals surface area contributed by atoms with Gasteiger partial charge >= 0.3 is 0 Å². The maximum Gasteiger partial charge on any atom is 0.253 e. The van der Waals surface area contributed by atoms with Gasteiger partial charge in [0.2, 0.25) is 0 Å². The van der Waals surface area contributed by atoms with Crippen LogP contribution in [0.3, 0.4) is 0 Å². The van der Waals surface area contributed by atoms with Crippen molar-refractivity contribution in [3.8, 4) is 5.75 Å². The number of hydrogen-bond donors (Lipinski definition) is 0. The van der Waals surface area contributed by atoms with Crippen molar-refractivity contribution in [2.45, 2.75) is 6.42 Å². The van der Waals surface area contributed by atoms with E-state index in [0.717, 1.165) is 31.8 Å². The molecule has 3 rings (SSSR count). The molecular weight excluding hydrogens is 319 g/mol. The average Bonchev–Trinajstić information content (AvgIpc) is 2.67. The topological polar surface area (TPSA) is 32.8 Å². The van der Waals surface area contributed by atoms with Crippen molar-refractivity contribution in [3.63, 3.8) is 0 Å². The number of ether oxygens (including phenoxy) is 1. The molecule has 1 aliphatic heterocycles. The number of carbonyl (C=O) groups excluding carboxylic acids is 1. The second kappa shape index (κ2) is 8.12. The van der Waals surface area contributed by atoms with E-state index in [1.165, 1.54) is 17.7 Å². The van der Waals surface area contributed by atoms with E-state index in [1.54, 1.807) is 19.2 Å². The molecule has 0 bridgehead atoms. The van der Waals surface area contributed by atoms with Gasteiger partial charge in [0.15, 0.2) is 0 Å². The molecule has 0 N–H and O–H groups in total. The first kappa shape index (κ1) is 17.4. The van der Waals surface area contributed by atoms with Crippen LogP contribution in [0.25, 0.3) is 0 Å². The van der Waals surface area contributed by atoms with Gasteiger partial charge in [-0.3, -0.25) is 9.69 Å². The maximum absolute atomic E-state index is 13.0. The van der Waals surface area contributed by atoms with E-state index in [0.29, 0.717) is 18.7 Å². The number of nitrogens with zero attached hydrogens (tertiary/aromatic N) is 2. The first-order valence-electron chi connectivity index (χ1n) is 8.56. The molecule has 0 radical (unpaired) electrons. The molecular formula is C20H23FN2O2. The Bertz CT molecular complexity index is 710. The number of methoxy groups -OCH3 is 1. The van der Waals surface area contributed by atoms with Crippen LogP contribution in [0.5, 0.6) is 5.75 Å². The highest BCUT2D eigenvalue weighted by molar-refractivity contribution is 5.94. The van der Waals surface area contributed by atoms with Crippen LogP contribution in [0.15, 0.2) is 48.5 Å². The van der Waals surface area contributed by atoms with Crippen LogP contribution >= 0.6 is 0 Å². The fourth-order valence-corrected chi connectivity index (χ4v) is 3.06. The Hall–Kier alpha value is -2.40. The summed E-state index contributed by atoms with van der Waals surface area (Å²) < 4.78 is 18.2. The number of carbonyl (C=O) groups is 1. The lowest BCUT2D eigenvalue weighted by molar-refractivity contribution is 0.0638. The molecule has 2 aromatic carbocycles.